The van der Waals surface area contributed by atoms with E-state index in [1.807, 2.05) is 0 Å². The number of carbonyl (C=O) groups is 1. The Morgan fingerprint density at radius 3 is 2.94 bits per heavy atom. The normalized spacial score (nSPS) is 27.6. The molecule has 1 saturated carbocycles. The summed E-state index contributed by atoms with van der Waals surface area (Å²) in [5, 5.41) is 9.83. The Hall–Kier alpha value is -1.43. The highest BCUT2D eigenvalue weighted by atomic mass is 16.5. The minimum absolute atomic E-state index is 0.00476. The minimum atomic E-state index is -0.0544. The van der Waals surface area contributed by atoms with Crippen LogP contribution in [0.25, 0.3) is 0 Å². The van der Waals surface area contributed by atoms with Crippen LogP contribution in [0.3, 0.4) is 0 Å². The van der Waals surface area contributed by atoms with Crippen LogP contribution in [-0.2, 0) is 10.2 Å². The van der Waals surface area contributed by atoms with Crippen LogP contribution in [0.1, 0.15) is 37.5 Å². The van der Waals surface area contributed by atoms with Gasteiger partial charge in [-0.25, -0.2) is 0 Å². The third-order valence-corrected chi connectivity index (χ3v) is 3.29. The molecule has 0 aromatic carbocycles. The molecule has 1 aliphatic carbocycles. The first-order valence-corrected chi connectivity index (χ1v) is 5.52. The van der Waals surface area contributed by atoms with E-state index in [-0.39, 0.29) is 17.4 Å². The maximum atomic E-state index is 11.0. The smallest absolute Gasteiger partial charge is 0.245 e. The highest BCUT2D eigenvalue weighted by Crippen LogP contribution is 2.46. The van der Waals surface area contributed by atoms with E-state index in [4.69, 9.17) is 4.52 Å². The van der Waals surface area contributed by atoms with Crippen LogP contribution in [0.4, 0.5) is 0 Å². The van der Waals surface area contributed by atoms with E-state index in [0.29, 0.717) is 19.0 Å². The van der Waals surface area contributed by atoms with E-state index in [1.165, 1.54) is 0 Å². The fourth-order valence-corrected chi connectivity index (χ4v) is 1.77. The van der Waals surface area contributed by atoms with Crippen LogP contribution in [0.2, 0.25) is 0 Å². The second-order valence-corrected chi connectivity index (χ2v) is 4.75. The summed E-state index contributed by atoms with van der Waals surface area (Å²) in [6.45, 7) is 2.95. The van der Waals surface area contributed by atoms with Crippen molar-refractivity contribution < 1.29 is 9.32 Å². The molecule has 0 bridgehead atoms. The third-order valence-electron chi connectivity index (χ3n) is 3.29. The van der Waals surface area contributed by atoms with Gasteiger partial charge < -0.3 is 9.84 Å². The monoisotopic (exact) mass is 222 g/mol. The molecule has 16 heavy (non-hydrogen) atoms. The fourth-order valence-electron chi connectivity index (χ4n) is 1.77. The van der Waals surface area contributed by atoms with Crippen molar-refractivity contribution in [3.63, 3.8) is 0 Å². The van der Waals surface area contributed by atoms with E-state index in [2.05, 4.69) is 27.7 Å². The Balaban J connectivity index is 1.75. The molecule has 0 spiro atoms. The van der Waals surface area contributed by atoms with Crippen LogP contribution < -0.4 is 10.6 Å². The largest absolute Gasteiger partial charge is 0.353 e. The lowest BCUT2D eigenvalue weighted by Crippen LogP contribution is -2.47. The van der Waals surface area contributed by atoms with Crippen LogP contribution in [0.5, 0.6) is 0 Å². The number of amides is 1. The molecule has 6 heteroatoms. The number of nitrogens with one attached hydrogen (secondary N) is 2. The zero-order chi connectivity index (χ0) is 11.2. The number of piperazine rings is 1. The van der Waals surface area contributed by atoms with E-state index in [0.717, 1.165) is 18.7 Å². The summed E-state index contributed by atoms with van der Waals surface area (Å²) in [6, 6.07) is -0.0544. The van der Waals surface area contributed by atoms with Gasteiger partial charge in [0.05, 0.1) is 6.54 Å². The van der Waals surface area contributed by atoms with Crippen molar-refractivity contribution in [2.45, 2.75) is 31.2 Å². The molecule has 6 nitrogen and oxygen atoms in total. The molecule has 2 N–H and O–H groups in total. The zero-order valence-electron chi connectivity index (χ0n) is 9.12. The SMILES string of the molecule is CC1(c2noc(C3CNC(=O)CN3)n2)CC1. The molecule has 1 saturated heterocycles. The highest BCUT2D eigenvalue weighted by Gasteiger charge is 2.44. The zero-order valence-corrected chi connectivity index (χ0v) is 9.12. The Morgan fingerprint density at radius 1 is 1.50 bits per heavy atom. The van der Waals surface area contributed by atoms with Gasteiger partial charge in [-0.2, -0.15) is 4.98 Å². The lowest BCUT2D eigenvalue weighted by molar-refractivity contribution is -0.121. The van der Waals surface area contributed by atoms with Gasteiger partial charge in [0.2, 0.25) is 11.8 Å². The summed E-state index contributed by atoms with van der Waals surface area (Å²) < 4.78 is 5.23. The predicted molar refractivity (Wildman–Crippen MR) is 54.6 cm³/mol. The minimum Gasteiger partial charge on any atom is -0.353 e. The van der Waals surface area contributed by atoms with E-state index >= 15 is 0 Å². The molecule has 1 aromatic rings. The molecule has 86 valence electrons. The fraction of sp³-hybridized carbons (Fsp3) is 0.700. The second kappa shape index (κ2) is 3.28. The molecule has 2 fully saturated rings. The van der Waals surface area contributed by atoms with Gasteiger partial charge in [-0.05, 0) is 12.8 Å². The van der Waals surface area contributed by atoms with Crippen molar-refractivity contribution in [3.05, 3.63) is 11.7 Å². The highest BCUT2D eigenvalue weighted by molar-refractivity contribution is 5.78. The van der Waals surface area contributed by atoms with Crippen molar-refractivity contribution in [1.29, 1.82) is 0 Å². The van der Waals surface area contributed by atoms with Crippen LogP contribution >= 0.6 is 0 Å². The summed E-state index contributed by atoms with van der Waals surface area (Å²) in [4.78, 5) is 15.4. The van der Waals surface area contributed by atoms with Gasteiger partial charge in [-0.15, -0.1) is 0 Å². The van der Waals surface area contributed by atoms with Crippen LogP contribution in [0.15, 0.2) is 4.52 Å². The number of carbonyl (C=O) groups excluding carboxylic acids is 1. The first-order valence-electron chi connectivity index (χ1n) is 5.52. The molecular formula is C10H14N4O2. The topological polar surface area (TPSA) is 80.0 Å². The molecule has 1 amide bonds. The Morgan fingerprint density at radius 2 is 2.31 bits per heavy atom. The summed E-state index contributed by atoms with van der Waals surface area (Å²) in [7, 11) is 0. The molecule has 1 aliphatic heterocycles. The van der Waals surface area contributed by atoms with E-state index in [9.17, 15) is 4.79 Å². The molecule has 3 rings (SSSR count). The maximum Gasteiger partial charge on any atom is 0.245 e. The van der Waals surface area contributed by atoms with Crippen LogP contribution in [0, 0.1) is 0 Å². The summed E-state index contributed by atoms with van der Waals surface area (Å²) in [5.41, 5.74) is 0.125. The molecule has 2 aliphatic rings. The number of nitrogens with zero attached hydrogens (tertiary/aromatic N) is 2. The summed E-state index contributed by atoms with van der Waals surface area (Å²) in [6.07, 6.45) is 2.25. The molecule has 2 heterocycles. The Bertz CT molecular complexity index is 414. The number of hydrogen-bond donors (Lipinski definition) is 2. The first kappa shape index (κ1) is 9.77. The van der Waals surface area contributed by atoms with Crippen molar-refractivity contribution >= 4 is 5.91 Å². The van der Waals surface area contributed by atoms with Gasteiger partial charge in [0, 0.05) is 12.0 Å². The lowest BCUT2D eigenvalue weighted by atomic mass is 10.1. The van der Waals surface area contributed by atoms with Crippen LogP contribution in [-0.4, -0.2) is 29.1 Å². The Labute approximate surface area is 92.8 Å². The standard InChI is InChI=1S/C10H14N4O2/c1-10(2-3-10)9-13-8(16-14-9)6-4-12-7(15)5-11-6/h6,11H,2-5H2,1H3,(H,12,15). The average molecular weight is 222 g/mol. The van der Waals surface area contributed by atoms with Gasteiger partial charge in [0.1, 0.15) is 6.04 Å². The first-order chi connectivity index (χ1) is 7.67. The lowest BCUT2D eigenvalue weighted by Gasteiger charge is -2.20. The predicted octanol–water partition coefficient (Wildman–Crippen LogP) is -0.118. The van der Waals surface area contributed by atoms with Gasteiger partial charge in [-0.3, -0.25) is 10.1 Å². The number of hydrogen-bond acceptors (Lipinski definition) is 5. The Kier molecular flexibility index (Phi) is 2.00. The summed E-state index contributed by atoms with van der Waals surface area (Å²) in [5.74, 6) is 1.37. The number of aromatic nitrogens is 2. The van der Waals surface area contributed by atoms with Gasteiger partial charge in [0.15, 0.2) is 5.82 Å². The van der Waals surface area contributed by atoms with E-state index < -0.39 is 0 Å². The van der Waals surface area contributed by atoms with Crippen molar-refractivity contribution in [2.24, 2.45) is 0 Å². The summed E-state index contributed by atoms with van der Waals surface area (Å²) >= 11 is 0. The molecule has 1 unspecified atom stereocenters. The molecule has 0 radical (unpaired) electrons. The van der Waals surface area contributed by atoms with Gasteiger partial charge in [0.25, 0.3) is 0 Å². The maximum absolute atomic E-state index is 11.0. The quantitative estimate of drug-likeness (QED) is 0.729. The number of rotatable bonds is 2. The van der Waals surface area contributed by atoms with E-state index in [1.54, 1.807) is 0 Å². The van der Waals surface area contributed by atoms with Gasteiger partial charge in [-0.1, -0.05) is 12.1 Å². The molecular weight excluding hydrogens is 208 g/mol. The van der Waals surface area contributed by atoms with Crippen molar-refractivity contribution in [2.75, 3.05) is 13.1 Å². The van der Waals surface area contributed by atoms with Crippen molar-refractivity contribution in [1.82, 2.24) is 20.8 Å². The molecule has 1 aromatic heterocycles. The average Bonchev–Trinajstić information content (AvgIpc) is 2.84. The second-order valence-electron chi connectivity index (χ2n) is 4.75. The molecule has 1 atom stereocenters. The van der Waals surface area contributed by atoms with Gasteiger partial charge >= 0.3 is 0 Å². The van der Waals surface area contributed by atoms with Crippen molar-refractivity contribution in [3.8, 4) is 0 Å². The third kappa shape index (κ3) is 1.59.